The number of benzene rings is 1. The molecule has 0 aromatic heterocycles. The standard InChI is InChI=1S/C18H18N4O5/c1-23-11-6-10(7-12(24-2)13(11)25-3)14-16(8-19)15(21)22-18(17(14,16)9-20)26-4-5-27-18/h6-7,14H,4-5H2,1-3H3,(H2,21,22)/t14-,16+,17+/m0/s1. The lowest BCUT2D eigenvalue weighted by Crippen LogP contribution is -2.38. The molecule has 1 saturated heterocycles. The summed E-state index contributed by atoms with van der Waals surface area (Å²) in [6.07, 6.45) is 0. The molecule has 140 valence electrons. The Morgan fingerprint density at radius 1 is 1.07 bits per heavy atom. The Labute approximate surface area is 155 Å². The Morgan fingerprint density at radius 2 is 1.67 bits per heavy atom. The molecule has 1 saturated carbocycles. The molecule has 2 N–H and O–H groups in total. The maximum atomic E-state index is 10.1. The highest BCUT2D eigenvalue weighted by molar-refractivity contribution is 6.00. The summed E-state index contributed by atoms with van der Waals surface area (Å²) >= 11 is 0. The SMILES string of the molecule is COc1cc([C@H]2[C@]3(C#N)C(N)=NC4(OCCO4)[C@]23C#N)cc(OC)c1OC. The molecule has 9 nitrogen and oxygen atoms in total. The third-order valence-corrected chi connectivity index (χ3v) is 5.63. The van der Waals surface area contributed by atoms with E-state index in [1.54, 1.807) is 12.1 Å². The minimum absolute atomic E-state index is 0.0344. The van der Waals surface area contributed by atoms with E-state index in [-0.39, 0.29) is 19.0 Å². The van der Waals surface area contributed by atoms with E-state index in [4.69, 9.17) is 29.4 Å². The molecule has 2 fully saturated rings. The van der Waals surface area contributed by atoms with Gasteiger partial charge in [-0.15, -0.1) is 0 Å². The van der Waals surface area contributed by atoms with Crippen molar-refractivity contribution in [3.05, 3.63) is 17.7 Å². The number of ether oxygens (including phenoxy) is 5. The second-order valence-corrected chi connectivity index (χ2v) is 6.51. The molecule has 2 heterocycles. The predicted molar refractivity (Wildman–Crippen MR) is 91.2 cm³/mol. The summed E-state index contributed by atoms with van der Waals surface area (Å²) in [4.78, 5) is 4.25. The van der Waals surface area contributed by atoms with Crippen molar-refractivity contribution in [3.63, 3.8) is 0 Å². The number of nitrogens with two attached hydrogens (primary N) is 1. The molecule has 9 heteroatoms. The number of amidine groups is 1. The van der Waals surface area contributed by atoms with Gasteiger partial charge in [0.1, 0.15) is 11.3 Å². The normalized spacial score (nSPS) is 32.2. The van der Waals surface area contributed by atoms with Crippen LogP contribution in [0.5, 0.6) is 17.2 Å². The zero-order chi connectivity index (χ0) is 19.4. The number of nitrogens with zero attached hydrogens (tertiary/aromatic N) is 3. The van der Waals surface area contributed by atoms with Crippen molar-refractivity contribution >= 4 is 5.84 Å². The first-order valence-electron chi connectivity index (χ1n) is 8.28. The van der Waals surface area contributed by atoms with Gasteiger partial charge >= 0.3 is 0 Å². The number of aliphatic imine (C=N–C) groups is 1. The summed E-state index contributed by atoms with van der Waals surface area (Å²) in [5, 5.41) is 20.1. The van der Waals surface area contributed by atoms with Gasteiger partial charge in [0.05, 0.1) is 46.7 Å². The average Bonchev–Trinajstić information content (AvgIpc) is 2.95. The van der Waals surface area contributed by atoms with Crippen molar-refractivity contribution in [1.82, 2.24) is 0 Å². The lowest BCUT2D eigenvalue weighted by Gasteiger charge is -2.26. The predicted octanol–water partition coefficient (Wildman–Crippen LogP) is 0.901. The Kier molecular flexibility index (Phi) is 3.54. The topological polar surface area (TPSA) is 132 Å². The molecule has 3 aliphatic rings. The summed E-state index contributed by atoms with van der Waals surface area (Å²) < 4.78 is 27.6. The average molecular weight is 370 g/mol. The molecule has 1 aliphatic carbocycles. The fourth-order valence-electron chi connectivity index (χ4n) is 4.49. The third-order valence-electron chi connectivity index (χ3n) is 5.63. The number of methoxy groups -OCH3 is 3. The second-order valence-electron chi connectivity index (χ2n) is 6.51. The first-order valence-corrected chi connectivity index (χ1v) is 8.28. The lowest BCUT2D eigenvalue weighted by molar-refractivity contribution is -0.184. The molecule has 1 aromatic rings. The third kappa shape index (κ3) is 1.71. The molecule has 0 radical (unpaired) electrons. The molecule has 0 amide bonds. The van der Waals surface area contributed by atoms with Gasteiger partial charge in [0.15, 0.2) is 16.9 Å². The molecule has 0 unspecified atom stereocenters. The minimum atomic E-state index is -1.58. The van der Waals surface area contributed by atoms with Crippen molar-refractivity contribution in [2.75, 3.05) is 34.5 Å². The van der Waals surface area contributed by atoms with E-state index in [1.165, 1.54) is 21.3 Å². The van der Waals surface area contributed by atoms with E-state index in [9.17, 15) is 10.5 Å². The summed E-state index contributed by atoms with van der Waals surface area (Å²) in [7, 11) is 4.49. The minimum Gasteiger partial charge on any atom is -0.493 e. The molecule has 27 heavy (non-hydrogen) atoms. The van der Waals surface area contributed by atoms with E-state index in [0.717, 1.165) is 0 Å². The molecule has 4 rings (SSSR count). The summed E-state index contributed by atoms with van der Waals surface area (Å²) in [5.41, 5.74) is 4.02. The Balaban J connectivity index is 1.93. The Hall–Kier alpha value is -3.01. The number of nitriles is 2. The molecule has 2 aliphatic heterocycles. The van der Waals surface area contributed by atoms with Crippen LogP contribution in [0, 0.1) is 33.5 Å². The molecule has 1 spiro atoms. The van der Waals surface area contributed by atoms with Crippen LogP contribution >= 0.6 is 0 Å². The molecule has 1 aromatic carbocycles. The first kappa shape index (κ1) is 17.4. The smallest absolute Gasteiger partial charge is 0.293 e. The van der Waals surface area contributed by atoms with Gasteiger partial charge in [0, 0.05) is 5.92 Å². The molecular weight excluding hydrogens is 352 g/mol. The Bertz CT molecular complexity index is 902. The fourth-order valence-corrected chi connectivity index (χ4v) is 4.49. The molecule has 3 atom stereocenters. The van der Waals surface area contributed by atoms with Crippen molar-refractivity contribution in [3.8, 4) is 29.4 Å². The van der Waals surface area contributed by atoms with Crippen LogP contribution in [0.1, 0.15) is 11.5 Å². The van der Waals surface area contributed by atoms with Gasteiger partial charge in [-0.25, -0.2) is 4.99 Å². The lowest BCUT2D eigenvalue weighted by atomic mass is 9.94. The number of hydrogen-bond donors (Lipinski definition) is 1. The maximum Gasteiger partial charge on any atom is 0.293 e. The fraction of sp³-hybridized carbons (Fsp3) is 0.500. The van der Waals surface area contributed by atoms with E-state index >= 15 is 0 Å². The van der Waals surface area contributed by atoms with Gasteiger partial charge in [-0.2, -0.15) is 10.5 Å². The van der Waals surface area contributed by atoms with Gasteiger partial charge in [-0.3, -0.25) is 0 Å². The van der Waals surface area contributed by atoms with E-state index in [0.29, 0.717) is 22.8 Å². The van der Waals surface area contributed by atoms with Crippen LogP contribution in [0.4, 0.5) is 0 Å². The van der Waals surface area contributed by atoms with Gasteiger partial charge in [-0.1, -0.05) is 0 Å². The quantitative estimate of drug-likeness (QED) is 0.827. The highest BCUT2D eigenvalue weighted by Gasteiger charge is 2.94. The van der Waals surface area contributed by atoms with Crippen molar-refractivity contribution < 1.29 is 23.7 Å². The van der Waals surface area contributed by atoms with Crippen LogP contribution in [0.2, 0.25) is 0 Å². The zero-order valence-electron chi connectivity index (χ0n) is 15.1. The van der Waals surface area contributed by atoms with Crippen LogP contribution in [0.25, 0.3) is 0 Å². The highest BCUT2D eigenvalue weighted by Crippen LogP contribution is 2.82. The van der Waals surface area contributed by atoms with E-state index in [2.05, 4.69) is 17.1 Å². The van der Waals surface area contributed by atoms with Crippen molar-refractivity contribution in [1.29, 1.82) is 10.5 Å². The summed E-state index contributed by atoms with van der Waals surface area (Å²) in [6, 6.07) is 7.86. The van der Waals surface area contributed by atoms with Gasteiger partial charge < -0.3 is 29.4 Å². The largest absolute Gasteiger partial charge is 0.493 e. The summed E-state index contributed by atoms with van der Waals surface area (Å²) in [6.45, 7) is 0.535. The van der Waals surface area contributed by atoms with E-state index < -0.39 is 22.7 Å². The first-order chi connectivity index (χ1) is 13.0. The number of rotatable bonds is 4. The van der Waals surface area contributed by atoms with Crippen LogP contribution in [0.15, 0.2) is 17.1 Å². The molecular formula is C18H18N4O5. The van der Waals surface area contributed by atoms with Gasteiger partial charge in [-0.05, 0) is 17.7 Å². The maximum absolute atomic E-state index is 10.1. The van der Waals surface area contributed by atoms with Gasteiger partial charge in [0.25, 0.3) is 5.91 Å². The van der Waals surface area contributed by atoms with Crippen LogP contribution in [-0.2, 0) is 9.47 Å². The highest BCUT2D eigenvalue weighted by atomic mass is 16.8. The van der Waals surface area contributed by atoms with Crippen LogP contribution < -0.4 is 19.9 Å². The van der Waals surface area contributed by atoms with E-state index in [1.807, 2.05) is 0 Å². The Morgan fingerprint density at radius 3 is 2.11 bits per heavy atom. The second kappa shape index (κ2) is 5.49. The van der Waals surface area contributed by atoms with Crippen LogP contribution in [0.3, 0.4) is 0 Å². The monoisotopic (exact) mass is 370 g/mol. The number of hydrogen-bond acceptors (Lipinski definition) is 9. The molecule has 0 bridgehead atoms. The van der Waals surface area contributed by atoms with Crippen molar-refractivity contribution in [2.45, 2.75) is 11.8 Å². The number of fused-ring (bicyclic) bond motifs is 2. The summed E-state index contributed by atoms with van der Waals surface area (Å²) in [5.74, 6) is -0.924. The van der Waals surface area contributed by atoms with Gasteiger partial charge in [0.2, 0.25) is 5.75 Å². The zero-order valence-corrected chi connectivity index (χ0v) is 15.1. The van der Waals surface area contributed by atoms with Crippen LogP contribution in [-0.4, -0.2) is 46.3 Å². The van der Waals surface area contributed by atoms with Crippen molar-refractivity contribution in [2.24, 2.45) is 21.6 Å².